The van der Waals surface area contributed by atoms with Gasteiger partial charge in [0.25, 0.3) is 0 Å². The second kappa shape index (κ2) is 6.98. The van der Waals surface area contributed by atoms with Crippen molar-refractivity contribution in [3.05, 3.63) is 24.3 Å². The summed E-state index contributed by atoms with van der Waals surface area (Å²) >= 11 is 1.61. The summed E-state index contributed by atoms with van der Waals surface area (Å²) in [5, 5.41) is 4.04. The molecule has 3 rings (SSSR count). The molecule has 2 N–H and O–H groups in total. The molecule has 0 saturated heterocycles. The predicted octanol–water partition coefficient (Wildman–Crippen LogP) is 3.49. The molecular weight excluding hydrogens is 282 g/mol. The largest absolute Gasteiger partial charge is 0.353 e. The van der Waals surface area contributed by atoms with Crippen molar-refractivity contribution in [2.45, 2.75) is 49.7 Å². The Balaban J connectivity index is 1.43. The van der Waals surface area contributed by atoms with Crippen molar-refractivity contribution in [1.82, 2.24) is 15.3 Å². The van der Waals surface area contributed by atoms with Crippen LogP contribution in [0, 0.1) is 0 Å². The number of thioether (sulfide) groups is 1. The van der Waals surface area contributed by atoms with Crippen molar-refractivity contribution in [3.63, 3.8) is 0 Å². The molecule has 21 heavy (non-hydrogen) atoms. The Hall–Kier alpha value is -1.49. The molecule has 0 spiro atoms. The normalized spacial score (nSPS) is 16.2. The van der Waals surface area contributed by atoms with Crippen LogP contribution in [0.25, 0.3) is 11.0 Å². The summed E-state index contributed by atoms with van der Waals surface area (Å²) in [6.45, 7) is 0. The zero-order chi connectivity index (χ0) is 14.5. The Bertz CT molecular complexity index is 571. The molecule has 1 aromatic heterocycles. The highest BCUT2D eigenvalue weighted by Gasteiger charge is 2.15. The molecule has 1 aromatic carbocycles. The van der Waals surface area contributed by atoms with E-state index in [2.05, 4.69) is 15.3 Å². The van der Waals surface area contributed by atoms with Crippen LogP contribution in [0.4, 0.5) is 0 Å². The standard InChI is InChI=1S/C16H21N3OS/c20-15(17-12-6-2-1-3-7-12)10-11-21-16-18-13-8-4-5-9-14(13)19-16/h4-5,8-9,12H,1-3,6-7,10-11H2,(H,17,20)(H,18,19). The molecular formula is C16H21N3OS. The van der Waals surface area contributed by atoms with Crippen molar-refractivity contribution in [2.24, 2.45) is 0 Å². The molecule has 5 heteroatoms. The first-order valence-electron chi connectivity index (χ1n) is 7.68. The molecule has 1 aliphatic rings. The molecule has 4 nitrogen and oxygen atoms in total. The summed E-state index contributed by atoms with van der Waals surface area (Å²) in [7, 11) is 0. The lowest BCUT2D eigenvalue weighted by atomic mass is 9.95. The van der Waals surface area contributed by atoms with E-state index in [-0.39, 0.29) is 5.91 Å². The molecule has 0 radical (unpaired) electrons. The van der Waals surface area contributed by atoms with E-state index >= 15 is 0 Å². The second-order valence-electron chi connectivity index (χ2n) is 5.56. The van der Waals surface area contributed by atoms with Crippen molar-refractivity contribution in [2.75, 3.05) is 5.75 Å². The minimum absolute atomic E-state index is 0.172. The number of hydrogen-bond donors (Lipinski definition) is 2. The molecule has 2 aromatic rings. The quantitative estimate of drug-likeness (QED) is 0.831. The van der Waals surface area contributed by atoms with Gasteiger partial charge in [0.2, 0.25) is 5.91 Å². The minimum atomic E-state index is 0.172. The van der Waals surface area contributed by atoms with Gasteiger partial charge in [0.1, 0.15) is 0 Å². The number of benzene rings is 1. The van der Waals surface area contributed by atoms with Gasteiger partial charge in [-0.25, -0.2) is 4.98 Å². The number of para-hydroxylation sites is 2. The van der Waals surface area contributed by atoms with Crippen LogP contribution >= 0.6 is 11.8 Å². The van der Waals surface area contributed by atoms with Gasteiger partial charge in [-0.15, -0.1) is 0 Å². The molecule has 112 valence electrons. The van der Waals surface area contributed by atoms with Crippen molar-refractivity contribution >= 4 is 28.7 Å². The maximum atomic E-state index is 11.9. The van der Waals surface area contributed by atoms with E-state index in [0.29, 0.717) is 12.5 Å². The van der Waals surface area contributed by atoms with E-state index in [0.717, 1.165) is 34.8 Å². The summed E-state index contributed by atoms with van der Waals surface area (Å²) in [6, 6.07) is 8.39. The van der Waals surface area contributed by atoms with Gasteiger partial charge in [0, 0.05) is 18.2 Å². The zero-order valence-corrected chi connectivity index (χ0v) is 12.9. The third-order valence-electron chi connectivity index (χ3n) is 3.91. The first-order valence-corrected chi connectivity index (χ1v) is 8.67. The number of carbonyl (C=O) groups excluding carboxylic acids is 1. The summed E-state index contributed by atoms with van der Waals surface area (Å²) in [4.78, 5) is 19.7. The lowest BCUT2D eigenvalue weighted by Gasteiger charge is -2.22. The number of fused-ring (bicyclic) bond motifs is 1. The van der Waals surface area contributed by atoms with E-state index in [1.807, 2.05) is 24.3 Å². The lowest BCUT2D eigenvalue weighted by Crippen LogP contribution is -2.36. The molecule has 1 aliphatic carbocycles. The third-order valence-corrected chi connectivity index (χ3v) is 4.78. The monoisotopic (exact) mass is 303 g/mol. The predicted molar refractivity (Wildman–Crippen MR) is 86.5 cm³/mol. The zero-order valence-electron chi connectivity index (χ0n) is 12.1. The molecule has 1 heterocycles. The molecule has 0 bridgehead atoms. The number of aromatic amines is 1. The van der Waals surface area contributed by atoms with E-state index < -0.39 is 0 Å². The fourth-order valence-corrected chi connectivity index (χ4v) is 3.61. The average molecular weight is 303 g/mol. The second-order valence-corrected chi connectivity index (χ2v) is 6.64. The summed E-state index contributed by atoms with van der Waals surface area (Å²) in [5.41, 5.74) is 2.03. The van der Waals surface area contributed by atoms with E-state index in [9.17, 15) is 4.79 Å². The van der Waals surface area contributed by atoms with Crippen LogP contribution in [-0.2, 0) is 4.79 Å². The van der Waals surface area contributed by atoms with Crippen molar-refractivity contribution in [3.8, 4) is 0 Å². The lowest BCUT2D eigenvalue weighted by molar-refractivity contribution is -0.121. The first-order chi connectivity index (χ1) is 10.3. The summed E-state index contributed by atoms with van der Waals surface area (Å²) in [6.07, 6.45) is 6.65. The molecule has 0 atom stereocenters. The number of amides is 1. The van der Waals surface area contributed by atoms with Gasteiger partial charge in [-0.05, 0) is 25.0 Å². The Kier molecular flexibility index (Phi) is 4.80. The summed E-state index contributed by atoms with van der Waals surface area (Å²) in [5.74, 6) is 0.934. The highest BCUT2D eigenvalue weighted by atomic mass is 32.2. The number of aromatic nitrogens is 2. The Morgan fingerprint density at radius 3 is 2.90 bits per heavy atom. The highest BCUT2D eigenvalue weighted by molar-refractivity contribution is 7.99. The fourth-order valence-electron chi connectivity index (χ4n) is 2.78. The van der Waals surface area contributed by atoms with Gasteiger partial charge >= 0.3 is 0 Å². The van der Waals surface area contributed by atoms with Crippen LogP contribution in [0.5, 0.6) is 0 Å². The van der Waals surface area contributed by atoms with E-state index in [1.165, 1.54) is 19.3 Å². The van der Waals surface area contributed by atoms with E-state index in [4.69, 9.17) is 0 Å². The first kappa shape index (κ1) is 14.4. The number of carbonyl (C=O) groups is 1. The number of nitrogens with zero attached hydrogens (tertiary/aromatic N) is 1. The van der Waals surface area contributed by atoms with Crippen LogP contribution in [0.15, 0.2) is 29.4 Å². The number of H-pyrrole nitrogens is 1. The molecule has 1 amide bonds. The molecule has 1 fully saturated rings. The summed E-state index contributed by atoms with van der Waals surface area (Å²) < 4.78 is 0. The number of imidazole rings is 1. The van der Waals surface area contributed by atoms with Crippen LogP contribution in [-0.4, -0.2) is 27.7 Å². The van der Waals surface area contributed by atoms with Crippen LogP contribution in [0.2, 0.25) is 0 Å². The van der Waals surface area contributed by atoms with Crippen LogP contribution in [0.1, 0.15) is 38.5 Å². The maximum Gasteiger partial charge on any atom is 0.221 e. The van der Waals surface area contributed by atoms with Gasteiger partial charge in [-0.2, -0.15) is 0 Å². The SMILES string of the molecule is O=C(CCSc1nc2ccccc2[nH]1)NC1CCCCC1. The van der Waals surface area contributed by atoms with Crippen LogP contribution < -0.4 is 5.32 Å². The van der Waals surface area contributed by atoms with Crippen LogP contribution in [0.3, 0.4) is 0 Å². The Labute approximate surface area is 129 Å². The number of nitrogens with one attached hydrogen (secondary N) is 2. The van der Waals surface area contributed by atoms with Crippen molar-refractivity contribution < 1.29 is 4.79 Å². The minimum Gasteiger partial charge on any atom is -0.353 e. The fraction of sp³-hybridized carbons (Fsp3) is 0.500. The maximum absolute atomic E-state index is 11.9. The Morgan fingerprint density at radius 2 is 2.10 bits per heavy atom. The third kappa shape index (κ3) is 4.00. The molecule has 1 saturated carbocycles. The average Bonchev–Trinajstić information content (AvgIpc) is 2.91. The molecule has 0 aliphatic heterocycles. The number of rotatable bonds is 5. The van der Waals surface area contributed by atoms with Gasteiger partial charge < -0.3 is 10.3 Å². The van der Waals surface area contributed by atoms with Gasteiger partial charge in [-0.1, -0.05) is 43.2 Å². The number of hydrogen-bond acceptors (Lipinski definition) is 3. The highest BCUT2D eigenvalue weighted by Crippen LogP contribution is 2.20. The van der Waals surface area contributed by atoms with Gasteiger partial charge in [0.05, 0.1) is 11.0 Å². The Morgan fingerprint density at radius 1 is 1.29 bits per heavy atom. The van der Waals surface area contributed by atoms with Gasteiger partial charge in [-0.3, -0.25) is 4.79 Å². The smallest absolute Gasteiger partial charge is 0.221 e. The van der Waals surface area contributed by atoms with E-state index in [1.54, 1.807) is 11.8 Å². The van der Waals surface area contributed by atoms with Gasteiger partial charge in [0.15, 0.2) is 5.16 Å². The topological polar surface area (TPSA) is 57.8 Å². The van der Waals surface area contributed by atoms with Crippen molar-refractivity contribution in [1.29, 1.82) is 0 Å². The molecule has 0 unspecified atom stereocenters.